The number of carbonyl (C=O) groups is 2. The lowest BCUT2D eigenvalue weighted by Gasteiger charge is -2.20. The summed E-state index contributed by atoms with van der Waals surface area (Å²) in [5.41, 5.74) is 3.52. The molecule has 0 aliphatic carbocycles. The van der Waals surface area contributed by atoms with Gasteiger partial charge in [0.15, 0.2) is 5.69 Å². The van der Waals surface area contributed by atoms with E-state index in [0.29, 0.717) is 25.3 Å². The lowest BCUT2D eigenvalue weighted by Crippen LogP contribution is -2.30. The van der Waals surface area contributed by atoms with Gasteiger partial charge in [-0.25, -0.2) is 0 Å². The first-order valence-electron chi connectivity index (χ1n) is 9.40. The average molecular weight is 374 g/mol. The molecule has 28 heavy (non-hydrogen) atoms. The molecule has 0 atom stereocenters. The Morgan fingerprint density at radius 2 is 1.82 bits per heavy atom. The van der Waals surface area contributed by atoms with Crippen molar-refractivity contribution >= 4 is 17.5 Å². The Balaban J connectivity index is 1.55. The van der Waals surface area contributed by atoms with Gasteiger partial charge in [0.1, 0.15) is 5.69 Å². The number of amides is 2. The zero-order valence-electron chi connectivity index (χ0n) is 15.8. The molecule has 6 nitrogen and oxygen atoms in total. The number of aryl methyl sites for hydroxylation is 2. The molecule has 0 bridgehead atoms. The van der Waals surface area contributed by atoms with Gasteiger partial charge in [0.05, 0.1) is 0 Å². The van der Waals surface area contributed by atoms with E-state index < -0.39 is 0 Å². The number of carbonyl (C=O) groups excluding carboxylic acids is 2. The van der Waals surface area contributed by atoms with E-state index in [4.69, 9.17) is 0 Å². The second-order valence-electron chi connectivity index (χ2n) is 6.97. The molecule has 142 valence electrons. The van der Waals surface area contributed by atoms with E-state index in [0.717, 1.165) is 23.2 Å². The zero-order valence-corrected chi connectivity index (χ0v) is 15.8. The first-order chi connectivity index (χ1) is 13.6. The van der Waals surface area contributed by atoms with Crippen LogP contribution in [0.3, 0.4) is 0 Å². The summed E-state index contributed by atoms with van der Waals surface area (Å²) in [7, 11) is 0. The van der Waals surface area contributed by atoms with Crippen molar-refractivity contribution in [2.75, 3.05) is 11.9 Å². The quantitative estimate of drug-likeness (QED) is 0.760. The number of nitrogens with one attached hydrogen (secondary N) is 1. The summed E-state index contributed by atoms with van der Waals surface area (Å²) in [6.07, 6.45) is 0.798. The highest BCUT2D eigenvalue weighted by atomic mass is 16.2. The Kier molecular flexibility index (Phi) is 4.93. The Morgan fingerprint density at radius 3 is 2.61 bits per heavy atom. The highest BCUT2D eigenvalue weighted by Crippen LogP contribution is 2.18. The first-order valence-corrected chi connectivity index (χ1v) is 9.40. The van der Waals surface area contributed by atoms with Crippen molar-refractivity contribution in [2.24, 2.45) is 0 Å². The molecule has 0 saturated carbocycles. The number of nitrogens with zero attached hydrogens (tertiary/aromatic N) is 3. The van der Waals surface area contributed by atoms with Crippen molar-refractivity contribution in [3.8, 4) is 0 Å². The molecule has 0 fully saturated rings. The van der Waals surface area contributed by atoms with Gasteiger partial charge < -0.3 is 10.2 Å². The van der Waals surface area contributed by atoms with Crippen LogP contribution in [0.25, 0.3) is 0 Å². The van der Waals surface area contributed by atoms with Crippen molar-refractivity contribution in [3.05, 3.63) is 83.2 Å². The summed E-state index contributed by atoms with van der Waals surface area (Å²) in [5.74, 6) is -0.402. The number of anilines is 1. The fraction of sp³-hybridized carbons (Fsp3) is 0.227. The van der Waals surface area contributed by atoms with Gasteiger partial charge in [0, 0.05) is 31.4 Å². The Labute approximate surface area is 163 Å². The van der Waals surface area contributed by atoms with E-state index in [1.54, 1.807) is 10.7 Å². The second kappa shape index (κ2) is 7.68. The topological polar surface area (TPSA) is 67.2 Å². The van der Waals surface area contributed by atoms with Gasteiger partial charge in [0.25, 0.3) is 11.8 Å². The van der Waals surface area contributed by atoms with Crippen molar-refractivity contribution < 1.29 is 9.59 Å². The van der Waals surface area contributed by atoms with Crippen LogP contribution in [-0.4, -0.2) is 33.0 Å². The number of rotatable bonds is 4. The molecule has 1 aromatic heterocycles. The Bertz CT molecular complexity index is 1010. The zero-order chi connectivity index (χ0) is 19.5. The third-order valence-corrected chi connectivity index (χ3v) is 4.93. The van der Waals surface area contributed by atoms with Crippen LogP contribution >= 0.6 is 0 Å². The van der Waals surface area contributed by atoms with Crippen LogP contribution in [0, 0.1) is 6.92 Å². The van der Waals surface area contributed by atoms with Crippen molar-refractivity contribution in [3.63, 3.8) is 0 Å². The maximum atomic E-state index is 13.0. The van der Waals surface area contributed by atoms with Gasteiger partial charge in [-0.1, -0.05) is 48.5 Å². The van der Waals surface area contributed by atoms with E-state index in [9.17, 15) is 9.59 Å². The molecule has 2 aromatic carbocycles. The van der Waals surface area contributed by atoms with E-state index in [1.807, 2.05) is 66.4 Å². The maximum absolute atomic E-state index is 13.0. The Hall–Kier alpha value is -3.41. The summed E-state index contributed by atoms with van der Waals surface area (Å²) < 4.78 is 1.65. The number of hydrogen-bond donors (Lipinski definition) is 1. The molecule has 0 radical (unpaired) electrons. The van der Waals surface area contributed by atoms with Crippen LogP contribution < -0.4 is 5.32 Å². The number of hydrogen-bond acceptors (Lipinski definition) is 3. The van der Waals surface area contributed by atoms with Gasteiger partial charge in [-0.2, -0.15) is 5.10 Å². The standard InChI is InChI=1S/C22H22N4O2/c1-16-8-5-6-11-18(16)23-21(27)19-14-20-22(28)25(12-7-13-26(20)24-19)15-17-9-3-2-4-10-17/h2-6,8-11,14H,7,12-13,15H2,1H3,(H,23,27). The lowest BCUT2D eigenvalue weighted by molar-refractivity contribution is 0.0745. The molecule has 2 heterocycles. The van der Waals surface area contributed by atoms with Crippen LogP contribution in [0.4, 0.5) is 5.69 Å². The van der Waals surface area contributed by atoms with Gasteiger partial charge >= 0.3 is 0 Å². The molecule has 6 heteroatoms. The van der Waals surface area contributed by atoms with Crippen LogP contribution in [0.15, 0.2) is 60.7 Å². The smallest absolute Gasteiger partial charge is 0.276 e. The number of aromatic nitrogens is 2. The minimum atomic E-state index is -0.308. The van der Waals surface area contributed by atoms with Gasteiger partial charge in [-0.3, -0.25) is 14.3 Å². The third kappa shape index (κ3) is 3.67. The summed E-state index contributed by atoms with van der Waals surface area (Å²) in [6, 6.07) is 19.1. The number of fused-ring (bicyclic) bond motifs is 1. The molecular formula is C22H22N4O2. The summed E-state index contributed by atoms with van der Waals surface area (Å²) in [6.45, 7) is 3.77. The van der Waals surface area contributed by atoms with Crippen LogP contribution in [-0.2, 0) is 13.1 Å². The number of benzene rings is 2. The monoisotopic (exact) mass is 374 g/mol. The van der Waals surface area contributed by atoms with E-state index >= 15 is 0 Å². The third-order valence-electron chi connectivity index (χ3n) is 4.93. The number of para-hydroxylation sites is 1. The average Bonchev–Trinajstić information content (AvgIpc) is 3.08. The largest absolute Gasteiger partial charge is 0.333 e. The van der Waals surface area contributed by atoms with E-state index in [-0.39, 0.29) is 17.5 Å². The van der Waals surface area contributed by atoms with E-state index in [2.05, 4.69) is 10.4 Å². The highest BCUT2D eigenvalue weighted by molar-refractivity contribution is 6.05. The first kappa shape index (κ1) is 18.0. The van der Waals surface area contributed by atoms with Gasteiger partial charge in [0.2, 0.25) is 0 Å². The molecular weight excluding hydrogens is 352 g/mol. The SMILES string of the molecule is Cc1ccccc1NC(=O)c1cc2n(n1)CCCN(Cc1ccccc1)C2=O. The molecule has 1 aliphatic rings. The minimum Gasteiger partial charge on any atom is -0.333 e. The molecule has 3 aromatic rings. The van der Waals surface area contributed by atoms with E-state index in [1.165, 1.54) is 0 Å². The minimum absolute atomic E-state index is 0.0937. The fourth-order valence-corrected chi connectivity index (χ4v) is 3.40. The van der Waals surface area contributed by atoms with Crippen molar-refractivity contribution in [1.82, 2.24) is 14.7 Å². The molecule has 0 saturated heterocycles. The van der Waals surface area contributed by atoms with Crippen molar-refractivity contribution in [2.45, 2.75) is 26.4 Å². The normalized spacial score (nSPS) is 13.8. The van der Waals surface area contributed by atoms with Crippen LogP contribution in [0.5, 0.6) is 0 Å². The van der Waals surface area contributed by atoms with Gasteiger partial charge in [-0.15, -0.1) is 0 Å². The second-order valence-corrected chi connectivity index (χ2v) is 6.97. The van der Waals surface area contributed by atoms with Crippen LogP contribution in [0.2, 0.25) is 0 Å². The van der Waals surface area contributed by atoms with Crippen molar-refractivity contribution in [1.29, 1.82) is 0 Å². The fourth-order valence-electron chi connectivity index (χ4n) is 3.40. The lowest BCUT2D eigenvalue weighted by atomic mass is 10.2. The predicted octanol–water partition coefficient (Wildman–Crippen LogP) is 3.49. The molecule has 1 N–H and O–H groups in total. The summed E-state index contributed by atoms with van der Waals surface area (Å²) in [4.78, 5) is 27.5. The van der Waals surface area contributed by atoms with Crippen LogP contribution in [0.1, 0.15) is 38.5 Å². The molecule has 1 aliphatic heterocycles. The highest BCUT2D eigenvalue weighted by Gasteiger charge is 2.26. The molecule has 0 spiro atoms. The molecule has 4 rings (SSSR count). The predicted molar refractivity (Wildman–Crippen MR) is 107 cm³/mol. The summed E-state index contributed by atoms with van der Waals surface area (Å²) in [5, 5.41) is 7.26. The maximum Gasteiger partial charge on any atom is 0.276 e. The van der Waals surface area contributed by atoms with Gasteiger partial charge in [-0.05, 0) is 30.5 Å². The summed E-state index contributed by atoms with van der Waals surface area (Å²) >= 11 is 0. The Morgan fingerprint density at radius 1 is 1.07 bits per heavy atom. The molecule has 0 unspecified atom stereocenters. The molecule has 2 amide bonds.